The third-order valence-corrected chi connectivity index (χ3v) is 7.08. The molecule has 2 aromatic heterocycles. The van der Waals surface area contributed by atoms with E-state index in [1.165, 1.54) is 13.4 Å². The molecule has 12 nitrogen and oxygen atoms in total. The molecule has 1 fully saturated rings. The molecule has 2 atom stereocenters. The van der Waals surface area contributed by atoms with Crippen LogP contribution >= 0.6 is 7.60 Å². The van der Waals surface area contributed by atoms with Gasteiger partial charge in [-0.3, -0.25) is 23.7 Å². The average molecular weight is 471 g/mol. The van der Waals surface area contributed by atoms with Crippen molar-refractivity contribution < 1.29 is 27.9 Å². The van der Waals surface area contributed by atoms with Gasteiger partial charge in [-0.2, -0.15) is 4.98 Å². The molecule has 2 unspecified atom stereocenters. The minimum atomic E-state index is -3.69. The number of nitrogens with zero attached hydrogens (tertiary/aromatic N) is 3. The fourth-order valence-electron chi connectivity index (χ4n) is 3.32. The first-order chi connectivity index (χ1) is 14.7. The summed E-state index contributed by atoms with van der Waals surface area (Å²) in [5, 5.41) is 0. The number of esters is 1. The van der Waals surface area contributed by atoms with E-state index in [1.54, 1.807) is 25.3 Å². The van der Waals surface area contributed by atoms with Crippen LogP contribution in [0.4, 0.5) is 5.95 Å². The lowest BCUT2D eigenvalue weighted by atomic mass is 9.98. The van der Waals surface area contributed by atoms with E-state index >= 15 is 0 Å². The molecule has 178 valence electrons. The molecule has 0 aromatic carbocycles. The van der Waals surface area contributed by atoms with Gasteiger partial charge in [-0.05, 0) is 32.6 Å². The van der Waals surface area contributed by atoms with Gasteiger partial charge >= 0.3 is 13.6 Å². The fourth-order valence-corrected chi connectivity index (χ4v) is 4.22. The average Bonchev–Trinajstić information content (AvgIpc) is 3.00. The van der Waals surface area contributed by atoms with E-state index < -0.39 is 36.9 Å². The second-order valence-corrected chi connectivity index (χ2v) is 11.6. The number of carbonyl (C=O) groups excluding carboxylic acids is 1. The number of fused-ring (bicyclic) bond motifs is 1. The maximum atomic E-state index is 12.9. The summed E-state index contributed by atoms with van der Waals surface area (Å²) in [5.41, 5.74) is 4.04. The van der Waals surface area contributed by atoms with E-state index in [0.717, 1.165) is 0 Å². The molecule has 0 radical (unpaired) electrons. The summed E-state index contributed by atoms with van der Waals surface area (Å²) in [6.07, 6.45) is 1.80. The lowest BCUT2D eigenvalue weighted by molar-refractivity contribution is -0.160. The van der Waals surface area contributed by atoms with Gasteiger partial charge in [0.2, 0.25) is 12.7 Å². The van der Waals surface area contributed by atoms with Crippen LogP contribution in [0.3, 0.4) is 0 Å². The van der Waals surface area contributed by atoms with Gasteiger partial charge in [0.15, 0.2) is 11.2 Å². The van der Waals surface area contributed by atoms with Crippen molar-refractivity contribution in [2.75, 3.05) is 26.0 Å². The number of hydrogen-bond acceptors (Lipinski definition) is 10. The number of aromatic amines is 1. The molecular formula is C19H30N5O7P. The van der Waals surface area contributed by atoms with E-state index in [2.05, 4.69) is 15.0 Å². The number of aromatic nitrogens is 4. The van der Waals surface area contributed by atoms with E-state index in [1.807, 2.05) is 13.8 Å². The normalized spacial score (nSPS) is 21.9. The maximum absolute atomic E-state index is 12.9. The standard InChI is InChI=1S/C19H30N5O7P/c1-17(2,3)15(26)29-10-31-32(27,28-6)11-30-19(7-18(19,4)5)8-24-9-21-12-13(24)22-16(20)23-14(12)25/h9H,7-8,10-11H2,1-6H3,(H3,20,22,23,25). The van der Waals surface area contributed by atoms with Crippen LogP contribution in [-0.2, 0) is 34.4 Å². The Balaban J connectivity index is 1.71. The molecule has 1 aliphatic rings. The zero-order valence-electron chi connectivity index (χ0n) is 19.1. The van der Waals surface area contributed by atoms with Crippen LogP contribution in [0, 0.1) is 10.8 Å². The van der Waals surface area contributed by atoms with Crippen LogP contribution in [0.2, 0.25) is 0 Å². The summed E-state index contributed by atoms with van der Waals surface area (Å²) in [6, 6.07) is 0. The molecule has 0 aliphatic heterocycles. The van der Waals surface area contributed by atoms with E-state index in [-0.39, 0.29) is 23.2 Å². The highest BCUT2D eigenvalue weighted by atomic mass is 31.2. The number of ether oxygens (including phenoxy) is 2. The Morgan fingerprint density at radius 2 is 2.03 bits per heavy atom. The van der Waals surface area contributed by atoms with Gasteiger partial charge in [0, 0.05) is 7.11 Å². The smallest absolute Gasteiger partial charge is 0.358 e. The monoisotopic (exact) mass is 471 g/mol. The largest absolute Gasteiger partial charge is 0.438 e. The van der Waals surface area contributed by atoms with Crippen LogP contribution in [0.5, 0.6) is 0 Å². The third-order valence-electron chi connectivity index (χ3n) is 5.58. The number of nitrogens with two attached hydrogens (primary N) is 1. The van der Waals surface area contributed by atoms with Gasteiger partial charge < -0.3 is 24.3 Å². The van der Waals surface area contributed by atoms with E-state index in [4.69, 9.17) is 24.3 Å². The molecule has 3 rings (SSSR count). The van der Waals surface area contributed by atoms with Crippen molar-refractivity contribution in [3.8, 4) is 0 Å². The lowest BCUT2D eigenvalue weighted by Crippen LogP contribution is -2.29. The number of hydrogen-bond donors (Lipinski definition) is 2. The van der Waals surface area contributed by atoms with E-state index in [0.29, 0.717) is 18.6 Å². The maximum Gasteiger partial charge on any atom is 0.358 e. The molecule has 0 spiro atoms. The Morgan fingerprint density at radius 1 is 1.38 bits per heavy atom. The van der Waals surface area contributed by atoms with Gasteiger partial charge in [-0.1, -0.05) is 13.8 Å². The molecule has 0 amide bonds. The first kappa shape index (κ1) is 24.4. The van der Waals surface area contributed by atoms with Crippen LogP contribution in [0.15, 0.2) is 11.1 Å². The highest BCUT2D eigenvalue weighted by Gasteiger charge is 2.63. The summed E-state index contributed by atoms with van der Waals surface area (Å²) >= 11 is 0. The number of H-pyrrole nitrogens is 1. The highest BCUT2D eigenvalue weighted by Crippen LogP contribution is 2.61. The summed E-state index contributed by atoms with van der Waals surface area (Å²) in [4.78, 5) is 34.6. The van der Waals surface area contributed by atoms with Gasteiger partial charge in [0.25, 0.3) is 5.56 Å². The zero-order chi connectivity index (χ0) is 23.9. The van der Waals surface area contributed by atoms with Crippen molar-refractivity contribution in [2.24, 2.45) is 10.8 Å². The minimum absolute atomic E-state index is 0.0173. The predicted molar refractivity (Wildman–Crippen MR) is 116 cm³/mol. The van der Waals surface area contributed by atoms with Crippen molar-refractivity contribution in [3.63, 3.8) is 0 Å². The van der Waals surface area contributed by atoms with E-state index in [9.17, 15) is 14.2 Å². The Labute approximate surface area is 185 Å². The van der Waals surface area contributed by atoms with Crippen molar-refractivity contribution in [2.45, 2.75) is 53.2 Å². The topological polar surface area (TPSA) is 161 Å². The van der Waals surface area contributed by atoms with Crippen molar-refractivity contribution >= 4 is 30.7 Å². The fraction of sp³-hybridized carbons (Fsp3) is 0.684. The summed E-state index contributed by atoms with van der Waals surface area (Å²) in [6.45, 7) is 8.89. The number of nitrogens with one attached hydrogen (secondary N) is 1. The van der Waals surface area contributed by atoms with Crippen LogP contribution in [0.1, 0.15) is 41.0 Å². The Bertz CT molecular complexity index is 1120. The molecular weight excluding hydrogens is 441 g/mol. The van der Waals surface area contributed by atoms with Crippen molar-refractivity contribution in [3.05, 3.63) is 16.7 Å². The highest BCUT2D eigenvalue weighted by molar-refractivity contribution is 7.53. The second kappa shape index (κ2) is 8.26. The quantitative estimate of drug-likeness (QED) is 0.315. The molecule has 2 aromatic rings. The van der Waals surface area contributed by atoms with Gasteiger partial charge in [0.1, 0.15) is 6.35 Å². The third kappa shape index (κ3) is 4.88. The number of rotatable bonds is 9. The first-order valence-corrected chi connectivity index (χ1v) is 11.8. The van der Waals surface area contributed by atoms with Gasteiger partial charge in [-0.15, -0.1) is 0 Å². The number of imidazole rings is 1. The molecule has 32 heavy (non-hydrogen) atoms. The predicted octanol–water partition coefficient (Wildman–Crippen LogP) is 2.25. The minimum Gasteiger partial charge on any atom is -0.438 e. The summed E-state index contributed by atoms with van der Waals surface area (Å²) < 4.78 is 36.0. The van der Waals surface area contributed by atoms with Gasteiger partial charge in [-0.25, -0.2) is 4.98 Å². The molecule has 0 bridgehead atoms. The number of carbonyl (C=O) groups is 1. The number of anilines is 1. The van der Waals surface area contributed by atoms with Crippen LogP contribution < -0.4 is 11.3 Å². The Morgan fingerprint density at radius 3 is 2.59 bits per heavy atom. The van der Waals surface area contributed by atoms with Crippen LogP contribution in [-0.4, -0.2) is 51.3 Å². The number of nitrogen functional groups attached to an aromatic ring is 1. The zero-order valence-corrected chi connectivity index (χ0v) is 20.0. The van der Waals surface area contributed by atoms with Crippen molar-refractivity contribution in [1.82, 2.24) is 19.5 Å². The van der Waals surface area contributed by atoms with Gasteiger partial charge in [0.05, 0.1) is 23.9 Å². The Hall–Kier alpha value is -2.27. The second-order valence-electron chi connectivity index (χ2n) is 9.55. The SMILES string of the molecule is COP(=O)(COC1(Cn2cnc3c(=O)[nH]c(N)nc32)CC1(C)C)OCOC(=O)C(C)(C)C. The molecule has 0 saturated heterocycles. The van der Waals surface area contributed by atoms with Crippen LogP contribution in [0.25, 0.3) is 11.2 Å². The molecule has 3 N–H and O–H groups in total. The molecule has 13 heteroatoms. The Kier molecular flexibility index (Phi) is 6.29. The summed E-state index contributed by atoms with van der Waals surface area (Å²) in [7, 11) is -2.45. The molecule has 2 heterocycles. The molecule has 1 saturated carbocycles. The molecule has 1 aliphatic carbocycles. The van der Waals surface area contributed by atoms with Crippen molar-refractivity contribution in [1.29, 1.82) is 0 Å². The summed E-state index contributed by atoms with van der Waals surface area (Å²) in [5.74, 6) is -0.508. The first-order valence-electron chi connectivity index (χ1n) is 10.0. The lowest BCUT2D eigenvalue weighted by Gasteiger charge is -2.25.